The Balaban J connectivity index is 1.30. The fourth-order valence-corrected chi connectivity index (χ4v) is 5.14. The summed E-state index contributed by atoms with van der Waals surface area (Å²) in [7, 11) is 0. The predicted octanol–water partition coefficient (Wildman–Crippen LogP) is 5.61. The quantitative estimate of drug-likeness (QED) is 0.180. The molecule has 0 bridgehead atoms. The number of hydrogen-bond donors (Lipinski definition) is 0. The molecule has 4 aromatic rings. The summed E-state index contributed by atoms with van der Waals surface area (Å²) in [5, 5.41) is 2.16. The topological polar surface area (TPSA) is 76.2 Å². The molecule has 2 amide bonds. The molecule has 8 heteroatoms. The third-order valence-electron chi connectivity index (χ3n) is 6.91. The van der Waals surface area contributed by atoms with E-state index in [2.05, 4.69) is 0 Å². The van der Waals surface area contributed by atoms with E-state index in [1.165, 1.54) is 4.90 Å². The van der Waals surface area contributed by atoms with E-state index in [1.54, 1.807) is 77.9 Å². The third kappa shape index (κ3) is 4.78. The van der Waals surface area contributed by atoms with Crippen LogP contribution in [-0.2, 0) is 21.0 Å². The zero-order chi connectivity index (χ0) is 26.9. The van der Waals surface area contributed by atoms with Gasteiger partial charge in [0.1, 0.15) is 11.7 Å². The van der Waals surface area contributed by atoms with Crippen molar-refractivity contribution in [2.75, 3.05) is 5.06 Å². The number of esters is 1. The van der Waals surface area contributed by atoms with Gasteiger partial charge >= 0.3 is 5.97 Å². The average Bonchev–Trinajstić information content (AvgIpc) is 3.47. The van der Waals surface area contributed by atoms with Crippen molar-refractivity contribution in [2.45, 2.75) is 18.7 Å². The van der Waals surface area contributed by atoms with Crippen molar-refractivity contribution in [1.29, 1.82) is 0 Å². The number of hydroxylamine groups is 1. The maximum Gasteiger partial charge on any atom is 0.343 e. The maximum absolute atomic E-state index is 13.7. The zero-order valence-corrected chi connectivity index (χ0v) is 21.4. The summed E-state index contributed by atoms with van der Waals surface area (Å²) < 4.78 is 5.52. The van der Waals surface area contributed by atoms with Gasteiger partial charge in [-0.3, -0.25) is 19.3 Å². The van der Waals surface area contributed by atoms with Gasteiger partial charge in [-0.25, -0.2) is 9.86 Å². The number of rotatable bonds is 6. The monoisotopic (exact) mass is 538 g/mol. The van der Waals surface area contributed by atoms with Gasteiger partial charge in [-0.1, -0.05) is 72.3 Å². The third-order valence-corrected chi connectivity index (χ3v) is 7.16. The first-order chi connectivity index (χ1) is 19.0. The Bertz CT molecular complexity index is 1510. The van der Waals surface area contributed by atoms with E-state index >= 15 is 0 Å². The van der Waals surface area contributed by atoms with Crippen LogP contribution in [0.1, 0.15) is 27.5 Å². The number of ether oxygens (including phenoxy) is 1. The first-order valence-electron chi connectivity index (χ1n) is 12.5. The number of halogens is 1. The van der Waals surface area contributed by atoms with Crippen molar-refractivity contribution in [1.82, 2.24) is 4.90 Å². The Hall–Kier alpha value is -4.46. The van der Waals surface area contributed by atoms with Gasteiger partial charge in [-0.2, -0.15) is 0 Å². The highest BCUT2D eigenvalue weighted by molar-refractivity contribution is 6.30. The minimum absolute atomic E-state index is 0.177. The van der Waals surface area contributed by atoms with E-state index in [4.69, 9.17) is 21.2 Å². The van der Waals surface area contributed by atoms with Gasteiger partial charge < -0.3 is 4.74 Å². The number of fused-ring (bicyclic) bond motifs is 1. The van der Waals surface area contributed by atoms with E-state index in [9.17, 15) is 14.4 Å². The van der Waals surface area contributed by atoms with Crippen LogP contribution in [0.3, 0.4) is 0 Å². The van der Waals surface area contributed by atoms with Crippen molar-refractivity contribution < 1.29 is 24.0 Å². The van der Waals surface area contributed by atoms with Crippen molar-refractivity contribution in [3.63, 3.8) is 0 Å². The Labute approximate surface area is 230 Å². The molecule has 3 unspecified atom stereocenters. The molecule has 6 rings (SSSR count). The second-order valence-electron chi connectivity index (χ2n) is 9.37. The van der Waals surface area contributed by atoms with Crippen molar-refractivity contribution in [3.8, 4) is 5.75 Å². The summed E-state index contributed by atoms with van der Waals surface area (Å²) in [6.07, 6.45) is -0.961. The van der Waals surface area contributed by atoms with Crippen LogP contribution in [0.15, 0.2) is 109 Å². The van der Waals surface area contributed by atoms with Gasteiger partial charge in [0.05, 0.1) is 23.8 Å². The Morgan fingerprint density at radius 3 is 2.10 bits per heavy atom. The highest BCUT2D eigenvalue weighted by atomic mass is 35.5. The predicted molar refractivity (Wildman–Crippen MR) is 145 cm³/mol. The van der Waals surface area contributed by atoms with Gasteiger partial charge in [0.2, 0.25) is 5.91 Å². The maximum atomic E-state index is 13.7. The highest BCUT2D eigenvalue weighted by Gasteiger charge is 2.59. The molecule has 4 aromatic carbocycles. The Kier molecular flexibility index (Phi) is 6.60. The Morgan fingerprint density at radius 2 is 1.44 bits per heavy atom. The molecule has 39 heavy (non-hydrogen) atoms. The number of carbonyl (C=O) groups excluding carboxylic acids is 3. The molecule has 0 aromatic heterocycles. The molecule has 0 aliphatic carbocycles. The van der Waals surface area contributed by atoms with Crippen molar-refractivity contribution in [2.24, 2.45) is 5.92 Å². The minimum atomic E-state index is -0.961. The molecule has 2 heterocycles. The summed E-state index contributed by atoms with van der Waals surface area (Å²) in [4.78, 5) is 47.0. The summed E-state index contributed by atoms with van der Waals surface area (Å²) in [6, 6.07) is 31.4. The van der Waals surface area contributed by atoms with Crippen LogP contribution < -0.4 is 9.80 Å². The van der Waals surface area contributed by atoms with Crippen molar-refractivity contribution >= 4 is 35.1 Å². The number of hydrogen-bond acceptors (Lipinski definition) is 6. The lowest BCUT2D eigenvalue weighted by Gasteiger charge is -2.29. The van der Waals surface area contributed by atoms with Gasteiger partial charge in [0.15, 0.2) is 6.10 Å². The number of carbonyl (C=O) groups is 3. The van der Waals surface area contributed by atoms with Gasteiger partial charge in [-0.05, 0) is 59.7 Å². The second-order valence-corrected chi connectivity index (χ2v) is 9.81. The molecule has 7 nitrogen and oxygen atoms in total. The van der Waals surface area contributed by atoms with Gasteiger partial charge in [0, 0.05) is 5.02 Å². The normalized spacial score (nSPS) is 20.3. The second kappa shape index (κ2) is 10.4. The smallest absolute Gasteiger partial charge is 0.343 e. The number of benzene rings is 4. The summed E-state index contributed by atoms with van der Waals surface area (Å²) >= 11 is 6.10. The molecule has 2 aliphatic rings. The molecule has 3 atom stereocenters. The molecular formula is C31H23ClN2O5. The molecule has 0 N–H and O–H groups in total. The van der Waals surface area contributed by atoms with Crippen LogP contribution in [-0.4, -0.2) is 28.8 Å². The highest BCUT2D eigenvalue weighted by Crippen LogP contribution is 2.47. The van der Waals surface area contributed by atoms with Crippen LogP contribution in [0.2, 0.25) is 5.02 Å². The standard InChI is InChI=1S/C31H23ClN2O5/c32-23-13-15-24(16-14-23)34-27(21-11-17-25(18-12-21)38-31(37)22-9-5-2-6-10-22)26-28(39-34)30(36)33(29(26)35)19-20-7-3-1-4-8-20/h1-18,26-28H,19H2. The van der Waals surface area contributed by atoms with Crippen LogP contribution in [0.25, 0.3) is 0 Å². The fraction of sp³-hybridized carbons (Fsp3) is 0.129. The minimum Gasteiger partial charge on any atom is -0.423 e. The van der Waals surface area contributed by atoms with Crippen LogP contribution in [0.4, 0.5) is 5.69 Å². The number of nitrogens with zero attached hydrogens (tertiary/aromatic N) is 2. The van der Waals surface area contributed by atoms with E-state index in [0.717, 1.165) is 11.1 Å². The molecular weight excluding hydrogens is 516 g/mol. The fourth-order valence-electron chi connectivity index (χ4n) is 5.02. The van der Waals surface area contributed by atoms with E-state index in [-0.39, 0.29) is 18.4 Å². The van der Waals surface area contributed by atoms with E-state index in [0.29, 0.717) is 22.0 Å². The first kappa shape index (κ1) is 24.9. The summed E-state index contributed by atoms with van der Waals surface area (Å²) in [5.41, 5.74) is 2.69. The molecule has 0 radical (unpaired) electrons. The summed E-state index contributed by atoms with van der Waals surface area (Å²) in [6.45, 7) is 0.177. The van der Waals surface area contributed by atoms with Crippen LogP contribution in [0, 0.1) is 5.92 Å². The molecule has 2 saturated heterocycles. The molecule has 2 aliphatic heterocycles. The summed E-state index contributed by atoms with van der Waals surface area (Å²) in [5.74, 6) is -1.53. The number of likely N-dealkylation sites (tertiary alicyclic amines) is 1. The van der Waals surface area contributed by atoms with E-state index in [1.807, 2.05) is 36.4 Å². The lowest BCUT2D eigenvalue weighted by molar-refractivity contribution is -0.143. The molecule has 0 spiro atoms. The lowest BCUT2D eigenvalue weighted by Crippen LogP contribution is -2.36. The van der Waals surface area contributed by atoms with Gasteiger partial charge in [0.25, 0.3) is 5.91 Å². The largest absolute Gasteiger partial charge is 0.423 e. The van der Waals surface area contributed by atoms with Gasteiger partial charge in [-0.15, -0.1) is 0 Å². The number of amides is 2. The molecule has 194 valence electrons. The first-order valence-corrected chi connectivity index (χ1v) is 12.9. The Morgan fingerprint density at radius 1 is 0.795 bits per heavy atom. The molecule has 0 saturated carbocycles. The van der Waals surface area contributed by atoms with Crippen molar-refractivity contribution in [3.05, 3.63) is 131 Å². The van der Waals surface area contributed by atoms with Crippen LogP contribution >= 0.6 is 11.6 Å². The lowest BCUT2D eigenvalue weighted by atomic mass is 9.90. The van der Waals surface area contributed by atoms with Crippen LogP contribution in [0.5, 0.6) is 5.75 Å². The number of imide groups is 1. The SMILES string of the molecule is O=C(Oc1ccc(C2C3C(=O)N(Cc4ccccc4)C(=O)C3ON2c2ccc(Cl)cc2)cc1)c1ccccc1. The average molecular weight is 539 g/mol. The van der Waals surface area contributed by atoms with E-state index < -0.39 is 24.0 Å². The molecule has 2 fully saturated rings. The number of anilines is 1. The zero-order valence-electron chi connectivity index (χ0n) is 20.6.